The van der Waals surface area contributed by atoms with Crippen molar-refractivity contribution >= 4 is 5.96 Å². The van der Waals surface area contributed by atoms with Gasteiger partial charge in [-0.2, -0.15) is 4.98 Å². The van der Waals surface area contributed by atoms with Gasteiger partial charge in [0.1, 0.15) is 5.75 Å². The average Bonchev–Trinajstić information content (AvgIpc) is 3.04. The van der Waals surface area contributed by atoms with Gasteiger partial charge < -0.3 is 25.0 Å². The highest BCUT2D eigenvalue weighted by Gasteiger charge is 2.10. The third kappa shape index (κ3) is 7.26. The van der Waals surface area contributed by atoms with Crippen molar-refractivity contribution < 1.29 is 14.4 Å². The summed E-state index contributed by atoms with van der Waals surface area (Å²) in [6.45, 7) is 9.27. The monoisotopic (exact) mass is 375 g/mol. The molecule has 2 rings (SSSR count). The second-order valence-corrected chi connectivity index (χ2v) is 6.39. The lowest BCUT2D eigenvalue weighted by molar-refractivity contribution is 0.185. The van der Waals surface area contributed by atoms with Gasteiger partial charge in [-0.25, -0.2) is 0 Å². The van der Waals surface area contributed by atoms with Crippen LogP contribution in [0.5, 0.6) is 5.75 Å². The normalized spacial score (nSPS) is 12.9. The van der Waals surface area contributed by atoms with E-state index >= 15 is 0 Å². The van der Waals surface area contributed by atoms with Crippen molar-refractivity contribution in [3.05, 3.63) is 41.5 Å². The fourth-order valence-electron chi connectivity index (χ4n) is 2.42. The van der Waals surface area contributed by atoms with Crippen LogP contribution in [0.15, 0.2) is 33.8 Å². The lowest BCUT2D eigenvalue weighted by Gasteiger charge is -2.15. The molecule has 0 amide bonds. The van der Waals surface area contributed by atoms with E-state index in [9.17, 15) is 5.11 Å². The molecule has 1 unspecified atom stereocenters. The zero-order valence-corrected chi connectivity index (χ0v) is 16.4. The highest BCUT2D eigenvalue weighted by atomic mass is 16.5. The summed E-state index contributed by atoms with van der Waals surface area (Å²) in [6, 6.07) is 7.46. The number of hydrogen-bond acceptors (Lipinski definition) is 6. The van der Waals surface area contributed by atoms with Crippen molar-refractivity contribution in [1.82, 2.24) is 20.8 Å². The van der Waals surface area contributed by atoms with Gasteiger partial charge in [0.15, 0.2) is 11.8 Å². The minimum Gasteiger partial charge on any atom is -0.491 e. The van der Waals surface area contributed by atoms with Gasteiger partial charge in [0.05, 0.1) is 18.8 Å². The zero-order chi connectivity index (χ0) is 19.6. The Hall–Kier alpha value is -2.61. The number of aliphatic hydroxyl groups excluding tert-OH is 1. The van der Waals surface area contributed by atoms with E-state index in [0.29, 0.717) is 30.6 Å². The van der Waals surface area contributed by atoms with Crippen molar-refractivity contribution in [2.24, 2.45) is 4.99 Å². The smallest absolute Gasteiger partial charge is 0.228 e. The first-order valence-electron chi connectivity index (χ1n) is 9.24. The first-order valence-corrected chi connectivity index (χ1v) is 9.24. The van der Waals surface area contributed by atoms with Crippen LogP contribution in [0.25, 0.3) is 0 Å². The van der Waals surface area contributed by atoms with Crippen LogP contribution >= 0.6 is 0 Å². The number of ether oxygens (including phenoxy) is 1. The van der Waals surface area contributed by atoms with Crippen molar-refractivity contribution in [2.75, 3.05) is 19.6 Å². The van der Waals surface area contributed by atoms with Gasteiger partial charge in [-0.15, -0.1) is 0 Å². The van der Waals surface area contributed by atoms with E-state index in [0.717, 1.165) is 17.9 Å². The van der Waals surface area contributed by atoms with Crippen molar-refractivity contribution in [2.45, 2.75) is 46.3 Å². The third-order valence-corrected chi connectivity index (χ3v) is 3.58. The van der Waals surface area contributed by atoms with Crippen LogP contribution in [-0.2, 0) is 6.42 Å². The summed E-state index contributed by atoms with van der Waals surface area (Å²) in [6.07, 6.45) is -0.0278. The molecule has 148 valence electrons. The molecule has 0 bridgehead atoms. The molecule has 1 heterocycles. The van der Waals surface area contributed by atoms with Crippen LogP contribution in [0.4, 0.5) is 0 Å². The highest BCUT2D eigenvalue weighted by Crippen LogP contribution is 2.20. The molecule has 0 saturated heterocycles. The van der Waals surface area contributed by atoms with Crippen LogP contribution in [0.2, 0.25) is 0 Å². The fourth-order valence-corrected chi connectivity index (χ4v) is 2.42. The van der Waals surface area contributed by atoms with Gasteiger partial charge in [-0.1, -0.05) is 17.3 Å². The predicted octanol–water partition coefficient (Wildman–Crippen LogP) is 2.00. The second-order valence-electron chi connectivity index (χ2n) is 6.39. The van der Waals surface area contributed by atoms with Crippen LogP contribution in [-0.4, -0.2) is 46.9 Å². The maximum Gasteiger partial charge on any atom is 0.228 e. The average molecular weight is 375 g/mol. The summed E-state index contributed by atoms with van der Waals surface area (Å²) < 4.78 is 10.8. The van der Waals surface area contributed by atoms with Gasteiger partial charge in [-0.05, 0) is 45.4 Å². The van der Waals surface area contributed by atoms with Crippen molar-refractivity contribution in [1.29, 1.82) is 0 Å². The van der Waals surface area contributed by atoms with E-state index in [1.165, 1.54) is 0 Å². The number of hydrogen-bond donors (Lipinski definition) is 3. The Balaban J connectivity index is 1.90. The van der Waals surface area contributed by atoms with E-state index in [1.54, 1.807) is 6.92 Å². The molecular formula is C19H29N5O3. The number of aromatic nitrogens is 2. The molecule has 1 aromatic heterocycles. The Morgan fingerprint density at radius 3 is 2.81 bits per heavy atom. The first kappa shape index (κ1) is 20.7. The molecular weight excluding hydrogens is 346 g/mol. The maximum absolute atomic E-state index is 10.5. The summed E-state index contributed by atoms with van der Waals surface area (Å²) in [4.78, 5) is 8.62. The second kappa shape index (κ2) is 10.5. The van der Waals surface area contributed by atoms with E-state index in [2.05, 4.69) is 25.8 Å². The predicted molar refractivity (Wildman–Crippen MR) is 104 cm³/mol. The topological polar surface area (TPSA) is 105 Å². The summed E-state index contributed by atoms with van der Waals surface area (Å²) in [5.41, 5.74) is 0.772. The lowest BCUT2D eigenvalue weighted by atomic mass is 10.1. The van der Waals surface area contributed by atoms with Crippen LogP contribution < -0.4 is 15.4 Å². The first-order chi connectivity index (χ1) is 13.0. The number of benzene rings is 1. The number of guanidine groups is 1. The molecule has 8 heteroatoms. The molecule has 0 spiro atoms. The summed E-state index contributed by atoms with van der Waals surface area (Å²) >= 11 is 0. The summed E-state index contributed by atoms with van der Waals surface area (Å²) in [5, 5.41) is 20.6. The minimum absolute atomic E-state index is 0.0857. The molecule has 8 nitrogen and oxygen atoms in total. The molecule has 0 aliphatic carbocycles. The molecule has 0 radical (unpaired) electrons. The Kier molecular flexibility index (Phi) is 8.06. The SMILES string of the molecule is CCNC(=NCC(O)c1cccc(OC(C)C)c1)NCCc1nc(C)no1. The molecule has 1 aromatic carbocycles. The van der Waals surface area contributed by atoms with E-state index in [4.69, 9.17) is 9.26 Å². The number of aryl methyl sites for hydroxylation is 1. The molecule has 1 atom stereocenters. The van der Waals surface area contributed by atoms with Gasteiger partial charge >= 0.3 is 0 Å². The number of aliphatic hydroxyl groups is 1. The molecule has 0 aliphatic heterocycles. The molecule has 0 saturated carbocycles. The number of nitrogens with one attached hydrogen (secondary N) is 2. The number of nitrogens with zero attached hydrogens (tertiary/aromatic N) is 3. The fraction of sp³-hybridized carbons (Fsp3) is 0.526. The van der Waals surface area contributed by atoms with E-state index in [-0.39, 0.29) is 12.6 Å². The lowest BCUT2D eigenvalue weighted by Crippen LogP contribution is -2.38. The van der Waals surface area contributed by atoms with Gasteiger partial charge in [0, 0.05) is 19.5 Å². The maximum atomic E-state index is 10.5. The van der Waals surface area contributed by atoms with Crippen LogP contribution in [0.3, 0.4) is 0 Å². The van der Waals surface area contributed by atoms with Gasteiger partial charge in [0.25, 0.3) is 0 Å². The Labute approximate surface area is 160 Å². The molecule has 2 aromatic rings. The van der Waals surface area contributed by atoms with Crippen LogP contribution in [0.1, 0.15) is 44.2 Å². The largest absolute Gasteiger partial charge is 0.491 e. The Morgan fingerprint density at radius 1 is 1.33 bits per heavy atom. The standard InChI is InChI=1S/C19H29N5O3/c1-5-20-19(21-10-9-18-23-14(4)24-27-18)22-12-17(25)15-7-6-8-16(11-15)26-13(2)3/h6-8,11,13,17,25H,5,9-10,12H2,1-4H3,(H2,20,21,22). The van der Waals surface area contributed by atoms with Crippen LogP contribution in [0, 0.1) is 6.92 Å². The van der Waals surface area contributed by atoms with Gasteiger partial charge in [0.2, 0.25) is 5.89 Å². The molecule has 3 N–H and O–H groups in total. The van der Waals surface area contributed by atoms with Gasteiger partial charge in [-0.3, -0.25) is 4.99 Å². The summed E-state index contributed by atoms with van der Waals surface area (Å²) in [7, 11) is 0. The third-order valence-electron chi connectivity index (χ3n) is 3.58. The van der Waals surface area contributed by atoms with E-state index in [1.807, 2.05) is 45.0 Å². The Bertz CT molecular complexity index is 730. The quantitative estimate of drug-likeness (QED) is 0.455. The molecule has 27 heavy (non-hydrogen) atoms. The summed E-state index contributed by atoms with van der Waals surface area (Å²) in [5.74, 6) is 2.57. The van der Waals surface area contributed by atoms with Crippen molar-refractivity contribution in [3.63, 3.8) is 0 Å². The number of rotatable bonds is 9. The minimum atomic E-state index is -0.713. The molecule has 0 aliphatic rings. The Morgan fingerprint density at radius 2 is 2.15 bits per heavy atom. The number of aliphatic imine (C=N–C) groups is 1. The molecule has 0 fully saturated rings. The van der Waals surface area contributed by atoms with Crippen molar-refractivity contribution in [3.8, 4) is 5.75 Å². The van der Waals surface area contributed by atoms with E-state index < -0.39 is 6.10 Å². The highest BCUT2D eigenvalue weighted by molar-refractivity contribution is 5.79. The zero-order valence-electron chi connectivity index (χ0n) is 16.4.